The maximum Gasteiger partial charge on any atom is 0.240 e. The van der Waals surface area contributed by atoms with Gasteiger partial charge in [0, 0.05) is 12.6 Å². The fourth-order valence-corrected chi connectivity index (χ4v) is 1.80. The van der Waals surface area contributed by atoms with E-state index in [1.165, 1.54) is 0 Å². The van der Waals surface area contributed by atoms with E-state index in [0.717, 1.165) is 19.3 Å². The lowest BCUT2D eigenvalue weighted by atomic mass is 9.90. The molecule has 0 heterocycles. The summed E-state index contributed by atoms with van der Waals surface area (Å²) in [5, 5.41) is 17.7. The summed E-state index contributed by atoms with van der Waals surface area (Å²) in [4.78, 5) is 13.6. The van der Waals surface area contributed by atoms with Crippen LogP contribution in [0.1, 0.15) is 32.6 Å². The Kier molecular flexibility index (Phi) is 4.57. The number of hydrogen-bond acceptors (Lipinski definition) is 3. The monoisotopic (exact) mass is 210 g/mol. The Bertz CT molecular complexity index is 256. The lowest BCUT2D eigenvalue weighted by Gasteiger charge is -2.38. The Morgan fingerprint density at radius 1 is 1.67 bits per heavy atom. The van der Waals surface area contributed by atoms with Crippen molar-refractivity contribution in [3.8, 4) is 6.07 Å². The summed E-state index contributed by atoms with van der Waals surface area (Å²) in [5.74, 6) is -0.657. The second-order valence-electron chi connectivity index (χ2n) is 3.93. The van der Waals surface area contributed by atoms with Crippen LogP contribution in [0, 0.1) is 17.2 Å². The normalized spacial score (nSPS) is 17.7. The molecule has 1 aliphatic rings. The minimum atomic E-state index is -0.544. The predicted octanol–water partition coefficient (Wildman–Crippen LogP) is 0.910. The molecule has 1 saturated carbocycles. The summed E-state index contributed by atoms with van der Waals surface area (Å²) in [7, 11) is 0. The van der Waals surface area contributed by atoms with E-state index in [1.54, 1.807) is 4.90 Å². The van der Waals surface area contributed by atoms with Gasteiger partial charge in [-0.2, -0.15) is 5.26 Å². The van der Waals surface area contributed by atoms with Crippen LogP contribution in [0.15, 0.2) is 0 Å². The summed E-state index contributed by atoms with van der Waals surface area (Å²) >= 11 is 0. The lowest BCUT2D eigenvalue weighted by Crippen LogP contribution is -2.47. The highest BCUT2D eigenvalue weighted by Gasteiger charge is 2.31. The van der Waals surface area contributed by atoms with E-state index in [9.17, 15) is 4.79 Å². The molecule has 0 bridgehead atoms. The maximum atomic E-state index is 11.9. The van der Waals surface area contributed by atoms with Crippen molar-refractivity contribution in [1.29, 1.82) is 5.26 Å². The van der Waals surface area contributed by atoms with E-state index in [0.29, 0.717) is 13.0 Å². The molecule has 1 unspecified atom stereocenters. The van der Waals surface area contributed by atoms with Gasteiger partial charge in [-0.25, -0.2) is 0 Å². The molecular weight excluding hydrogens is 192 g/mol. The maximum absolute atomic E-state index is 11.9. The van der Waals surface area contributed by atoms with Crippen molar-refractivity contribution in [3.63, 3.8) is 0 Å². The van der Waals surface area contributed by atoms with Gasteiger partial charge in [-0.15, -0.1) is 0 Å². The van der Waals surface area contributed by atoms with E-state index < -0.39 is 5.92 Å². The highest BCUT2D eigenvalue weighted by molar-refractivity contribution is 5.81. The Hall–Kier alpha value is -1.08. The molecule has 4 heteroatoms. The average Bonchev–Trinajstić information content (AvgIpc) is 2.16. The third kappa shape index (κ3) is 2.69. The van der Waals surface area contributed by atoms with Crippen molar-refractivity contribution in [2.75, 3.05) is 13.2 Å². The van der Waals surface area contributed by atoms with E-state index in [1.807, 2.05) is 13.0 Å². The molecule has 1 rings (SSSR count). The molecule has 1 fully saturated rings. The van der Waals surface area contributed by atoms with Crippen LogP contribution >= 0.6 is 0 Å². The van der Waals surface area contributed by atoms with Crippen LogP contribution in [0.3, 0.4) is 0 Å². The van der Waals surface area contributed by atoms with Gasteiger partial charge in [-0.05, 0) is 25.7 Å². The molecule has 84 valence electrons. The molecule has 0 aromatic heterocycles. The van der Waals surface area contributed by atoms with Gasteiger partial charge in [0.15, 0.2) is 0 Å². The van der Waals surface area contributed by atoms with Crippen LogP contribution in [0.2, 0.25) is 0 Å². The number of hydrogen-bond donors (Lipinski definition) is 1. The van der Waals surface area contributed by atoms with E-state index in [4.69, 9.17) is 10.4 Å². The van der Waals surface area contributed by atoms with Gasteiger partial charge in [0.05, 0.1) is 12.7 Å². The van der Waals surface area contributed by atoms with Crippen LogP contribution in [-0.2, 0) is 4.79 Å². The van der Waals surface area contributed by atoms with Gasteiger partial charge in [0.1, 0.15) is 5.92 Å². The zero-order valence-corrected chi connectivity index (χ0v) is 9.15. The third-order valence-corrected chi connectivity index (χ3v) is 3.00. The van der Waals surface area contributed by atoms with E-state index >= 15 is 0 Å². The molecule has 0 spiro atoms. The van der Waals surface area contributed by atoms with Crippen molar-refractivity contribution in [1.82, 2.24) is 4.90 Å². The number of amides is 1. The molecule has 4 nitrogen and oxygen atoms in total. The number of nitrogens with zero attached hydrogens (tertiary/aromatic N) is 2. The summed E-state index contributed by atoms with van der Waals surface area (Å²) < 4.78 is 0. The quantitative estimate of drug-likeness (QED) is 0.733. The van der Waals surface area contributed by atoms with Gasteiger partial charge in [-0.3, -0.25) is 4.79 Å². The number of nitriles is 1. The molecule has 0 saturated heterocycles. The fourth-order valence-electron chi connectivity index (χ4n) is 1.80. The SMILES string of the molecule is CCC(C#N)C(=O)N(CCO)C1CCC1. The topological polar surface area (TPSA) is 64.3 Å². The Morgan fingerprint density at radius 2 is 2.33 bits per heavy atom. The van der Waals surface area contributed by atoms with Crippen molar-refractivity contribution in [2.24, 2.45) is 5.92 Å². The second-order valence-corrected chi connectivity index (χ2v) is 3.93. The minimum absolute atomic E-state index is 0.0237. The molecule has 1 N–H and O–H groups in total. The molecule has 1 atom stereocenters. The van der Waals surface area contributed by atoms with Gasteiger partial charge >= 0.3 is 0 Å². The van der Waals surface area contributed by atoms with Gasteiger partial charge < -0.3 is 10.0 Å². The number of rotatable bonds is 5. The number of aliphatic hydroxyl groups excluding tert-OH is 1. The van der Waals surface area contributed by atoms with E-state index in [2.05, 4.69) is 0 Å². The Morgan fingerprint density at radius 3 is 2.67 bits per heavy atom. The largest absolute Gasteiger partial charge is 0.395 e. The molecule has 1 amide bonds. The first-order valence-corrected chi connectivity index (χ1v) is 5.55. The van der Waals surface area contributed by atoms with E-state index in [-0.39, 0.29) is 18.6 Å². The van der Waals surface area contributed by atoms with Gasteiger partial charge in [0.25, 0.3) is 0 Å². The third-order valence-electron chi connectivity index (χ3n) is 3.00. The van der Waals surface area contributed by atoms with Crippen molar-refractivity contribution in [3.05, 3.63) is 0 Å². The first-order valence-electron chi connectivity index (χ1n) is 5.55. The lowest BCUT2D eigenvalue weighted by molar-refractivity contribution is -0.138. The summed E-state index contributed by atoms with van der Waals surface area (Å²) in [6.07, 6.45) is 3.70. The van der Waals surface area contributed by atoms with Crippen molar-refractivity contribution in [2.45, 2.75) is 38.6 Å². The smallest absolute Gasteiger partial charge is 0.240 e. The highest BCUT2D eigenvalue weighted by atomic mass is 16.3. The van der Waals surface area contributed by atoms with Crippen LogP contribution in [0.4, 0.5) is 0 Å². The standard InChI is InChI=1S/C11H18N2O2/c1-2-9(8-12)11(15)13(6-7-14)10-4-3-5-10/h9-10,14H,2-7H2,1H3. The van der Waals surface area contributed by atoms with Gasteiger partial charge in [0.2, 0.25) is 5.91 Å². The molecule has 0 aromatic rings. The number of carbonyl (C=O) groups excluding carboxylic acids is 1. The average molecular weight is 210 g/mol. The van der Waals surface area contributed by atoms with Gasteiger partial charge in [-0.1, -0.05) is 6.92 Å². The summed E-state index contributed by atoms with van der Waals surface area (Å²) in [6.45, 7) is 2.18. The highest BCUT2D eigenvalue weighted by Crippen LogP contribution is 2.26. The first kappa shape index (κ1) is 12.0. The zero-order valence-electron chi connectivity index (χ0n) is 9.15. The van der Waals surface area contributed by atoms with Crippen LogP contribution in [0.5, 0.6) is 0 Å². The fraction of sp³-hybridized carbons (Fsp3) is 0.818. The zero-order chi connectivity index (χ0) is 11.3. The molecular formula is C11H18N2O2. The molecule has 0 aromatic carbocycles. The van der Waals surface area contributed by atoms with Crippen LogP contribution in [-0.4, -0.2) is 35.1 Å². The first-order chi connectivity index (χ1) is 7.24. The number of aliphatic hydroxyl groups is 1. The minimum Gasteiger partial charge on any atom is -0.395 e. The predicted molar refractivity (Wildman–Crippen MR) is 55.8 cm³/mol. The second kappa shape index (κ2) is 5.72. The number of carbonyl (C=O) groups is 1. The van der Waals surface area contributed by atoms with Crippen LogP contribution < -0.4 is 0 Å². The van der Waals surface area contributed by atoms with Crippen LogP contribution in [0.25, 0.3) is 0 Å². The molecule has 15 heavy (non-hydrogen) atoms. The summed E-state index contributed by atoms with van der Waals surface area (Å²) in [5.41, 5.74) is 0. The van der Waals surface area contributed by atoms with Crippen molar-refractivity contribution >= 4 is 5.91 Å². The summed E-state index contributed by atoms with van der Waals surface area (Å²) in [6, 6.07) is 2.28. The molecule has 0 aliphatic heterocycles. The van der Waals surface area contributed by atoms with Crippen molar-refractivity contribution < 1.29 is 9.90 Å². The Labute approximate surface area is 90.5 Å². The molecule has 0 radical (unpaired) electrons. The Balaban J connectivity index is 2.61. The molecule has 1 aliphatic carbocycles.